The van der Waals surface area contributed by atoms with Gasteiger partial charge in [-0.05, 0) is 13.3 Å². The number of allylic oxidation sites excluding steroid dienone is 1. The zero-order chi connectivity index (χ0) is 6.69. The molecule has 2 nitrogen and oxygen atoms in total. The van der Waals surface area contributed by atoms with Crippen LogP contribution in [0.2, 0.25) is 0 Å². The van der Waals surface area contributed by atoms with Crippen LogP contribution in [0.15, 0.2) is 12.3 Å². The van der Waals surface area contributed by atoms with Gasteiger partial charge in [-0.15, -0.1) is 0 Å². The Labute approximate surface area is 55.2 Å². The first kappa shape index (κ1) is 6.33. The fraction of sp³-hybridized carbons (Fsp3) is 0.571. The van der Waals surface area contributed by atoms with Gasteiger partial charge in [0.05, 0.1) is 0 Å². The average molecular weight is 125 g/mol. The number of rotatable bonds is 1. The van der Waals surface area contributed by atoms with Gasteiger partial charge in [0.15, 0.2) is 0 Å². The third-order valence-corrected chi connectivity index (χ3v) is 1.47. The maximum atomic E-state index is 10.9. The minimum absolute atomic E-state index is 0.250. The lowest BCUT2D eigenvalue weighted by Gasteiger charge is -2.18. The lowest BCUT2D eigenvalue weighted by molar-refractivity contribution is -0.128. The molecule has 1 aliphatic rings. The quantitative estimate of drug-likeness (QED) is 0.514. The minimum atomic E-state index is 0.250. The Morgan fingerprint density at radius 1 is 1.78 bits per heavy atom. The van der Waals surface area contributed by atoms with Crippen molar-refractivity contribution in [2.75, 3.05) is 6.54 Å². The molecule has 0 aromatic heterocycles. The van der Waals surface area contributed by atoms with Gasteiger partial charge in [-0.25, -0.2) is 0 Å². The Balaban J connectivity index is 2.57. The zero-order valence-corrected chi connectivity index (χ0v) is 5.63. The van der Waals surface area contributed by atoms with Crippen LogP contribution in [0, 0.1) is 0 Å². The minimum Gasteiger partial charge on any atom is -0.320 e. The van der Waals surface area contributed by atoms with E-state index in [2.05, 4.69) is 0 Å². The molecule has 0 spiro atoms. The Morgan fingerprint density at radius 2 is 2.56 bits per heavy atom. The van der Waals surface area contributed by atoms with Gasteiger partial charge in [-0.2, -0.15) is 0 Å². The van der Waals surface area contributed by atoms with E-state index in [1.165, 1.54) is 0 Å². The molecule has 1 aliphatic heterocycles. The third-order valence-electron chi connectivity index (χ3n) is 1.47. The predicted octanol–water partition coefficient (Wildman–Crippen LogP) is 1.14. The highest BCUT2D eigenvalue weighted by molar-refractivity contribution is 5.78. The van der Waals surface area contributed by atoms with Crippen LogP contribution in [0.4, 0.5) is 0 Å². The summed E-state index contributed by atoms with van der Waals surface area (Å²) >= 11 is 0. The molecule has 0 aromatic carbocycles. The van der Waals surface area contributed by atoms with Gasteiger partial charge in [0.1, 0.15) is 0 Å². The van der Waals surface area contributed by atoms with Crippen molar-refractivity contribution in [2.24, 2.45) is 0 Å². The average Bonchev–Trinajstić information content (AvgIpc) is 1.89. The number of carbonyl (C=O) groups is 1. The van der Waals surface area contributed by atoms with Gasteiger partial charge in [0, 0.05) is 19.2 Å². The number of amides is 1. The Bertz CT molecular complexity index is 140. The normalized spacial score (nSPS) is 18.8. The Hall–Kier alpha value is -0.790. The molecule has 0 fully saturated rings. The number of carbonyl (C=O) groups excluding carboxylic acids is 1. The van der Waals surface area contributed by atoms with E-state index in [4.69, 9.17) is 0 Å². The van der Waals surface area contributed by atoms with Crippen LogP contribution in [-0.4, -0.2) is 17.4 Å². The van der Waals surface area contributed by atoms with Gasteiger partial charge in [-0.1, -0.05) is 6.08 Å². The number of hydrogen-bond donors (Lipinski definition) is 0. The molecule has 0 saturated carbocycles. The van der Waals surface area contributed by atoms with Crippen molar-refractivity contribution in [3.63, 3.8) is 0 Å². The molecule has 0 bridgehead atoms. The number of hydrogen-bond acceptors (Lipinski definition) is 1. The molecular formula is C7H11NO. The first-order valence-corrected chi connectivity index (χ1v) is 3.30. The molecule has 0 aliphatic carbocycles. The van der Waals surface area contributed by atoms with Crippen LogP contribution in [0.25, 0.3) is 0 Å². The van der Waals surface area contributed by atoms with E-state index in [0.29, 0.717) is 6.42 Å². The molecule has 0 radical (unpaired) electrons. The largest absolute Gasteiger partial charge is 0.320 e. The van der Waals surface area contributed by atoms with Crippen molar-refractivity contribution in [1.29, 1.82) is 0 Å². The summed E-state index contributed by atoms with van der Waals surface area (Å²) < 4.78 is 0. The van der Waals surface area contributed by atoms with Gasteiger partial charge in [0.2, 0.25) is 5.91 Å². The molecule has 0 unspecified atom stereocenters. The second kappa shape index (κ2) is 2.67. The van der Waals surface area contributed by atoms with Crippen LogP contribution in [0.1, 0.15) is 19.8 Å². The zero-order valence-electron chi connectivity index (χ0n) is 5.63. The fourth-order valence-electron chi connectivity index (χ4n) is 0.917. The lowest BCUT2D eigenvalue weighted by atomic mass is 10.2. The van der Waals surface area contributed by atoms with Gasteiger partial charge >= 0.3 is 0 Å². The van der Waals surface area contributed by atoms with Crippen LogP contribution in [0.3, 0.4) is 0 Å². The van der Waals surface area contributed by atoms with E-state index in [9.17, 15) is 4.79 Å². The third kappa shape index (κ3) is 1.31. The second-order valence-corrected chi connectivity index (χ2v) is 2.10. The monoisotopic (exact) mass is 125 g/mol. The molecular weight excluding hydrogens is 114 g/mol. The summed E-state index contributed by atoms with van der Waals surface area (Å²) in [6, 6.07) is 0. The molecule has 1 amide bonds. The fourth-order valence-corrected chi connectivity index (χ4v) is 0.917. The van der Waals surface area contributed by atoms with Crippen molar-refractivity contribution in [3.8, 4) is 0 Å². The van der Waals surface area contributed by atoms with E-state index in [-0.39, 0.29) is 5.91 Å². The molecule has 50 valence electrons. The highest BCUT2D eigenvalue weighted by Gasteiger charge is 2.09. The highest BCUT2D eigenvalue weighted by atomic mass is 16.2. The summed E-state index contributed by atoms with van der Waals surface area (Å²) in [7, 11) is 0. The molecule has 9 heavy (non-hydrogen) atoms. The van der Waals surface area contributed by atoms with E-state index >= 15 is 0 Å². The van der Waals surface area contributed by atoms with E-state index in [1.807, 2.05) is 19.2 Å². The van der Waals surface area contributed by atoms with Gasteiger partial charge in [0.25, 0.3) is 0 Å². The number of nitrogens with zero attached hydrogens (tertiary/aromatic N) is 1. The van der Waals surface area contributed by atoms with E-state index in [0.717, 1.165) is 13.0 Å². The highest BCUT2D eigenvalue weighted by Crippen LogP contribution is 2.05. The molecule has 0 atom stereocenters. The molecule has 1 heterocycles. The van der Waals surface area contributed by atoms with Gasteiger partial charge < -0.3 is 4.90 Å². The van der Waals surface area contributed by atoms with Crippen molar-refractivity contribution in [2.45, 2.75) is 19.8 Å². The summed E-state index contributed by atoms with van der Waals surface area (Å²) in [6.45, 7) is 2.78. The lowest BCUT2D eigenvalue weighted by Crippen LogP contribution is -2.26. The Morgan fingerprint density at radius 3 is 3.00 bits per heavy atom. The summed E-state index contributed by atoms with van der Waals surface area (Å²) in [4.78, 5) is 12.6. The van der Waals surface area contributed by atoms with Crippen molar-refractivity contribution < 1.29 is 4.79 Å². The first-order valence-electron chi connectivity index (χ1n) is 3.30. The van der Waals surface area contributed by atoms with Crippen LogP contribution < -0.4 is 0 Å². The van der Waals surface area contributed by atoms with E-state index in [1.54, 1.807) is 4.90 Å². The molecule has 1 rings (SSSR count). The van der Waals surface area contributed by atoms with Crippen molar-refractivity contribution in [3.05, 3.63) is 12.3 Å². The molecule has 0 aromatic rings. The summed E-state index contributed by atoms with van der Waals surface area (Å²) in [6.07, 6.45) is 5.50. The predicted molar refractivity (Wildman–Crippen MR) is 35.8 cm³/mol. The smallest absolute Gasteiger partial charge is 0.226 e. The van der Waals surface area contributed by atoms with Crippen LogP contribution in [0.5, 0.6) is 0 Å². The molecule has 2 heteroatoms. The molecule has 0 N–H and O–H groups in total. The molecule has 0 saturated heterocycles. The van der Waals surface area contributed by atoms with Crippen LogP contribution in [-0.2, 0) is 4.79 Å². The Kier molecular flexibility index (Phi) is 1.88. The maximum Gasteiger partial charge on any atom is 0.226 e. The van der Waals surface area contributed by atoms with Crippen molar-refractivity contribution >= 4 is 5.91 Å². The second-order valence-electron chi connectivity index (χ2n) is 2.10. The van der Waals surface area contributed by atoms with E-state index < -0.39 is 0 Å². The van der Waals surface area contributed by atoms with Crippen molar-refractivity contribution in [1.82, 2.24) is 4.90 Å². The van der Waals surface area contributed by atoms with Crippen LogP contribution >= 0.6 is 0 Å². The summed E-state index contributed by atoms with van der Waals surface area (Å²) in [5, 5.41) is 0. The summed E-state index contributed by atoms with van der Waals surface area (Å²) in [5.74, 6) is 0.250. The SMILES string of the molecule is CCN1C=CCCC1=O. The summed E-state index contributed by atoms with van der Waals surface area (Å²) in [5.41, 5.74) is 0. The first-order chi connectivity index (χ1) is 4.34. The topological polar surface area (TPSA) is 20.3 Å². The maximum absolute atomic E-state index is 10.9. The standard InChI is InChI=1S/C7H11NO/c1-2-8-6-4-3-5-7(8)9/h4,6H,2-3,5H2,1H3. The van der Waals surface area contributed by atoms with Gasteiger partial charge in [-0.3, -0.25) is 4.79 Å².